The second-order valence-electron chi connectivity index (χ2n) is 5.86. The molecule has 0 aliphatic carbocycles. The van der Waals surface area contributed by atoms with Gasteiger partial charge in [0.05, 0.1) is 11.8 Å². The fraction of sp³-hybridized carbons (Fsp3) is 0.625. The first-order valence-corrected chi connectivity index (χ1v) is 7.28. The SMILES string of the molecule is CC(C)Oc1ccccc1NC1CCN(C)C(C)C1. The first-order chi connectivity index (χ1) is 9.06. The smallest absolute Gasteiger partial charge is 0.142 e. The van der Waals surface area contributed by atoms with E-state index < -0.39 is 0 Å². The lowest BCUT2D eigenvalue weighted by molar-refractivity contribution is 0.189. The Morgan fingerprint density at radius 2 is 2.05 bits per heavy atom. The molecule has 2 rings (SSSR count). The van der Waals surface area contributed by atoms with Crippen molar-refractivity contribution < 1.29 is 4.74 Å². The van der Waals surface area contributed by atoms with E-state index in [1.54, 1.807) is 0 Å². The van der Waals surface area contributed by atoms with Gasteiger partial charge in [-0.25, -0.2) is 0 Å². The Balaban J connectivity index is 2.02. The van der Waals surface area contributed by atoms with Crippen molar-refractivity contribution in [1.82, 2.24) is 4.90 Å². The molecular weight excluding hydrogens is 236 g/mol. The molecule has 1 fully saturated rings. The Kier molecular flexibility index (Phi) is 4.70. The lowest BCUT2D eigenvalue weighted by atomic mass is 9.98. The first-order valence-electron chi connectivity index (χ1n) is 7.28. The van der Waals surface area contributed by atoms with E-state index in [0.29, 0.717) is 12.1 Å². The summed E-state index contributed by atoms with van der Waals surface area (Å²) in [7, 11) is 2.21. The van der Waals surface area contributed by atoms with E-state index in [-0.39, 0.29) is 6.10 Å². The summed E-state index contributed by atoms with van der Waals surface area (Å²) in [6.45, 7) is 7.58. The molecule has 2 atom stereocenters. The molecule has 0 amide bonds. The summed E-state index contributed by atoms with van der Waals surface area (Å²) in [5.41, 5.74) is 1.12. The molecule has 1 aliphatic rings. The van der Waals surface area contributed by atoms with E-state index in [0.717, 1.165) is 18.0 Å². The van der Waals surface area contributed by atoms with Crippen molar-refractivity contribution in [2.75, 3.05) is 18.9 Å². The Bertz CT molecular complexity index is 405. The number of ether oxygens (including phenoxy) is 1. The highest BCUT2D eigenvalue weighted by Gasteiger charge is 2.23. The maximum Gasteiger partial charge on any atom is 0.142 e. The summed E-state index contributed by atoms with van der Waals surface area (Å²) in [6, 6.07) is 9.43. The zero-order valence-electron chi connectivity index (χ0n) is 12.5. The number of para-hydroxylation sites is 2. The molecule has 1 N–H and O–H groups in total. The second kappa shape index (κ2) is 6.29. The van der Waals surface area contributed by atoms with Crippen LogP contribution in [0.5, 0.6) is 5.75 Å². The molecule has 3 nitrogen and oxygen atoms in total. The monoisotopic (exact) mass is 262 g/mol. The van der Waals surface area contributed by atoms with Gasteiger partial charge in [0.1, 0.15) is 5.75 Å². The fourth-order valence-electron chi connectivity index (χ4n) is 2.58. The van der Waals surface area contributed by atoms with Crippen molar-refractivity contribution >= 4 is 5.69 Å². The molecule has 0 radical (unpaired) electrons. The van der Waals surface area contributed by atoms with Crippen LogP contribution in [0.15, 0.2) is 24.3 Å². The molecule has 1 saturated heterocycles. The predicted octanol–water partition coefficient (Wildman–Crippen LogP) is 3.37. The summed E-state index contributed by atoms with van der Waals surface area (Å²) in [4.78, 5) is 2.43. The van der Waals surface area contributed by atoms with Gasteiger partial charge in [0.2, 0.25) is 0 Å². The first kappa shape index (κ1) is 14.2. The highest BCUT2D eigenvalue weighted by Crippen LogP contribution is 2.28. The molecule has 106 valence electrons. The van der Waals surface area contributed by atoms with Gasteiger partial charge >= 0.3 is 0 Å². The van der Waals surface area contributed by atoms with Gasteiger partial charge in [-0.1, -0.05) is 12.1 Å². The van der Waals surface area contributed by atoms with Gasteiger partial charge in [0.25, 0.3) is 0 Å². The molecular formula is C16H26N2O. The second-order valence-corrected chi connectivity index (χ2v) is 5.86. The quantitative estimate of drug-likeness (QED) is 0.900. The maximum absolute atomic E-state index is 5.86. The zero-order valence-corrected chi connectivity index (χ0v) is 12.5. The molecule has 1 aromatic carbocycles. The zero-order chi connectivity index (χ0) is 13.8. The van der Waals surface area contributed by atoms with Crippen LogP contribution in [0.25, 0.3) is 0 Å². The largest absolute Gasteiger partial charge is 0.489 e. The standard InChI is InChI=1S/C16H26N2O/c1-12(2)19-16-8-6-5-7-15(16)17-14-9-10-18(4)13(3)11-14/h5-8,12-14,17H,9-11H2,1-4H3. The predicted molar refractivity (Wildman–Crippen MR) is 80.9 cm³/mol. The Morgan fingerprint density at radius 3 is 2.74 bits per heavy atom. The highest BCUT2D eigenvalue weighted by atomic mass is 16.5. The van der Waals surface area contributed by atoms with Gasteiger partial charge in [-0.05, 0) is 52.8 Å². The van der Waals surface area contributed by atoms with Crippen LogP contribution in [0.4, 0.5) is 5.69 Å². The van der Waals surface area contributed by atoms with Crippen LogP contribution in [0.2, 0.25) is 0 Å². The van der Waals surface area contributed by atoms with Gasteiger partial charge in [-0.3, -0.25) is 0 Å². The third kappa shape index (κ3) is 3.87. The number of piperidine rings is 1. The summed E-state index contributed by atoms with van der Waals surface area (Å²) in [5.74, 6) is 0.962. The van der Waals surface area contributed by atoms with Crippen LogP contribution in [-0.2, 0) is 0 Å². The number of nitrogens with zero attached hydrogens (tertiary/aromatic N) is 1. The van der Waals surface area contributed by atoms with Crippen LogP contribution < -0.4 is 10.1 Å². The Morgan fingerprint density at radius 1 is 1.32 bits per heavy atom. The van der Waals surface area contributed by atoms with Crippen LogP contribution in [0.3, 0.4) is 0 Å². The maximum atomic E-state index is 5.86. The molecule has 0 saturated carbocycles. The van der Waals surface area contributed by atoms with Crippen LogP contribution in [0.1, 0.15) is 33.6 Å². The number of hydrogen-bond acceptors (Lipinski definition) is 3. The average molecular weight is 262 g/mol. The Labute approximate surface area is 116 Å². The summed E-state index contributed by atoms with van der Waals surface area (Å²) >= 11 is 0. The van der Waals surface area contributed by atoms with Gasteiger partial charge in [-0.2, -0.15) is 0 Å². The number of anilines is 1. The van der Waals surface area contributed by atoms with Crippen molar-refractivity contribution in [2.45, 2.75) is 51.8 Å². The lowest BCUT2D eigenvalue weighted by Gasteiger charge is -2.36. The minimum atomic E-state index is 0.208. The summed E-state index contributed by atoms with van der Waals surface area (Å²) in [5, 5.41) is 3.65. The third-order valence-electron chi connectivity index (χ3n) is 3.82. The van der Waals surface area contributed by atoms with Crippen LogP contribution in [0, 0.1) is 0 Å². The van der Waals surface area contributed by atoms with Gasteiger partial charge in [-0.15, -0.1) is 0 Å². The van der Waals surface area contributed by atoms with Crippen molar-refractivity contribution in [3.63, 3.8) is 0 Å². The number of hydrogen-bond donors (Lipinski definition) is 1. The molecule has 19 heavy (non-hydrogen) atoms. The van der Waals surface area contributed by atoms with Crippen LogP contribution in [-0.4, -0.2) is 36.7 Å². The summed E-state index contributed by atoms with van der Waals surface area (Å²) < 4.78 is 5.86. The minimum Gasteiger partial charge on any atom is -0.489 e. The molecule has 1 heterocycles. The van der Waals surface area contributed by atoms with Gasteiger partial charge in [0.15, 0.2) is 0 Å². The van der Waals surface area contributed by atoms with E-state index in [9.17, 15) is 0 Å². The molecule has 3 heteroatoms. The molecule has 1 aromatic rings. The molecule has 1 aliphatic heterocycles. The lowest BCUT2D eigenvalue weighted by Crippen LogP contribution is -2.42. The number of benzene rings is 1. The Hall–Kier alpha value is -1.22. The number of likely N-dealkylation sites (tertiary alicyclic amines) is 1. The van der Waals surface area contributed by atoms with E-state index >= 15 is 0 Å². The molecule has 2 unspecified atom stereocenters. The fourth-order valence-corrected chi connectivity index (χ4v) is 2.58. The topological polar surface area (TPSA) is 24.5 Å². The number of nitrogens with one attached hydrogen (secondary N) is 1. The normalized spacial score (nSPS) is 24.5. The minimum absolute atomic E-state index is 0.208. The third-order valence-corrected chi connectivity index (χ3v) is 3.82. The highest BCUT2D eigenvalue weighted by molar-refractivity contribution is 5.56. The van der Waals surface area contributed by atoms with E-state index in [1.807, 2.05) is 12.1 Å². The number of rotatable bonds is 4. The van der Waals surface area contributed by atoms with Crippen molar-refractivity contribution in [3.8, 4) is 5.75 Å². The van der Waals surface area contributed by atoms with Crippen molar-refractivity contribution in [2.24, 2.45) is 0 Å². The van der Waals surface area contributed by atoms with Gasteiger partial charge < -0.3 is 15.0 Å². The average Bonchev–Trinajstić information content (AvgIpc) is 2.36. The van der Waals surface area contributed by atoms with Gasteiger partial charge in [0, 0.05) is 18.6 Å². The molecule has 0 bridgehead atoms. The molecule has 0 aromatic heterocycles. The van der Waals surface area contributed by atoms with Crippen molar-refractivity contribution in [3.05, 3.63) is 24.3 Å². The van der Waals surface area contributed by atoms with E-state index in [2.05, 4.69) is 50.2 Å². The van der Waals surface area contributed by atoms with E-state index in [1.165, 1.54) is 12.8 Å². The summed E-state index contributed by atoms with van der Waals surface area (Å²) in [6.07, 6.45) is 2.59. The van der Waals surface area contributed by atoms with E-state index in [4.69, 9.17) is 4.74 Å². The molecule has 0 spiro atoms. The van der Waals surface area contributed by atoms with Crippen molar-refractivity contribution in [1.29, 1.82) is 0 Å². The van der Waals surface area contributed by atoms with Crippen LogP contribution >= 0.6 is 0 Å².